The van der Waals surface area contributed by atoms with E-state index in [-0.39, 0.29) is 23.9 Å². The van der Waals surface area contributed by atoms with Crippen molar-refractivity contribution < 1.29 is 32.7 Å². The Labute approximate surface area is 200 Å². The third-order valence-corrected chi connectivity index (χ3v) is 6.37. The molecule has 1 atom stereocenters. The number of hydrogen-bond acceptors (Lipinski definition) is 6. The average Bonchev–Trinajstić information content (AvgIpc) is 3.09. The summed E-state index contributed by atoms with van der Waals surface area (Å²) in [6, 6.07) is 8.16. The highest BCUT2D eigenvalue weighted by atomic mass is 19.4. The maximum absolute atomic E-state index is 12.5. The summed E-state index contributed by atoms with van der Waals surface area (Å²) in [6.45, 7) is 3.98. The number of aliphatic carboxylic acids is 1. The van der Waals surface area contributed by atoms with Crippen molar-refractivity contribution in [2.75, 3.05) is 31.1 Å². The lowest BCUT2D eigenvalue weighted by atomic mass is 9.87. The van der Waals surface area contributed by atoms with E-state index in [9.17, 15) is 22.8 Å². The number of anilines is 1. The second-order valence-electron chi connectivity index (χ2n) is 8.64. The van der Waals surface area contributed by atoms with Crippen molar-refractivity contribution in [1.29, 1.82) is 0 Å². The smallest absolute Gasteiger partial charge is 0.475 e. The van der Waals surface area contributed by atoms with Gasteiger partial charge in [-0.25, -0.2) is 14.8 Å². The summed E-state index contributed by atoms with van der Waals surface area (Å²) < 4.78 is 31.7. The van der Waals surface area contributed by atoms with E-state index in [1.165, 1.54) is 6.92 Å². The van der Waals surface area contributed by atoms with Gasteiger partial charge in [0.1, 0.15) is 12.1 Å². The van der Waals surface area contributed by atoms with E-state index in [1.54, 1.807) is 6.33 Å². The van der Waals surface area contributed by atoms with E-state index in [2.05, 4.69) is 26.3 Å². The van der Waals surface area contributed by atoms with Crippen LogP contribution in [0.15, 0.2) is 30.6 Å². The normalized spacial score (nSPS) is 20.2. The number of aromatic nitrogens is 2. The lowest BCUT2D eigenvalue weighted by Gasteiger charge is -2.39. The first kappa shape index (κ1) is 26.2. The molecule has 1 unspecified atom stereocenters. The Morgan fingerprint density at radius 3 is 2.37 bits per heavy atom. The number of halogens is 3. The van der Waals surface area contributed by atoms with E-state index in [4.69, 9.17) is 9.90 Å². The molecule has 9 nitrogen and oxygen atoms in total. The van der Waals surface area contributed by atoms with Crippen LogP contribution in [-0.2, 0) is 14.4 Å². The van der Waals surface area contributed by atoms with Gasteiger partial charge in [0, 0.05) is 37.5 Å². The van der Waals surface area contributed by atoms with Crippen molar-refractivity contribution in [2.45, 2.75) is 50.7 Å². The number of likely N-dealkylation sites (tertiary alicyclic amines) is 1. The molecule has 2 fully saturated rings. The Hall–Kier alpha value is -3.44. The molecule has 3 heterocycles. The monoisotopic (exact) mass is 495 g/mol. The van der Waals surface area contributed by atoms with Crippen LogP contribution in [0.5, 0.6) is 0 Å². The van der Waals surface area contributed by atoms with Gasteiger partial charge < -0.3 is 20.2 Å². The standard InChI is InChI=1S/C21H27N5O2.C2HF3O2/c1-16(27)22-14-19(28)25-11-4-8-21(10-13-25)9-5-12-26(21)20-17-6-2-3-7-18(17)23-15-24-20;3-2(4,5)1(6)7/h2-3,6-7,15H,4-5,8-14H2,1H3,(H,22,27);(H,6,7). The van der Waals surface area contributed by atoms with Crippen molar-refractivity contribution in [3.8, 4) is 0 Å². The Balaban J connectivity index is 0.000000429. The molecule has 4 rings (SSSR count). The number of alkyl halides is 3. The summed E-state index contributed by atoms with van der Waals surface area (Å²) in [5.74, 6) is -1.91. The predicted octanol–water partition coefficient (Wildman–Crippen LogP) is 2.75. The number of carboxylic acid groups (broad SMARTS) is 1. The highest BCUT2D eigenvalue weighted by molar-refractivity contribution is 5.89. The second kappa shape index (κ2) is 10.9. The minimum Gasteiger partial charge on any atom is -0.475 e. The number of rotatable bonds is 3. The SMILES string of the molecule is CC(=O)NCC(=O)N1CCCC2(CCCN2c2ncnc3ccccc23)CC1.O=C(O)C(F)(F)F. The molecular formula is C23H28F3N5O4. The zero-order valence-corrected chi connectivity index (χ0v) is 19.3. The fourth-order valence-corrected chi connectivity index (χ4v) is 4.73. The summed E-state index contributed by atoms with van der Waals surface area (Å²) in [4.78, 5) is 45.9. The lowest BCUT2D eigenvalue weighted by molar-refractivity contribution is -0.192. The number of para-hydroxylation sites is 1. The lowest BCUT2D eigenvalue weighted by Crippen LogP contribution is -2.46. The Kier molecular flexibility index (Phi) is 8.13. The first-order chi connectivity index (χ1) is 16.5. The molecule has 1 spiro atoms. The molecule has 1 aromatic carbocycles. The van der Waals surface area contributed by atoms with Gasteiger partial charge in [0.25, 0.3) is 0 Å². The summed E-state index contributed by atoms with van der Waals surface area (Å²) in [6.07, 6.45) is 1.78. The third-order valence-electron chi connectivity index (χ3n) is 6.37. The van der Waals surface area contributed by atoms with Crippen LogP contribution in [0.2, 0.25) is 0 Å². The fourth-order valence-electron chi connectivity index (χ4n) is 4.73. The summed E-state index contributed by atoms with van der Waals surface area (Å²) in [5, 5.41) is 10.8. The number of nitrogens with one attached hydrogen (secondary N) is 1. The van der Waals surface area contributed by atoms with E-state index in [1.807, 2.05) is 23.1 Å². The van der Waals surface area contributed by atoms with Crippen LogP contribution in [0.3, 0.4) is 0 Å². The number of benzene rings is 1. The molecule has 0 radical (unpaired) electrons. The van der Waals surface area contributed by atoms with Crippen LogP contribution in [-0.4, -0.2) is 75.7 Å². The van der Waals surface area contributed by atoms with Crippen LogP contribution in [0, 0.1) is 0 Å². The van der Waals surface area contributed by atoms with Gasteiger partial charge in [-0.1, -0.05) is 12.1 Å². The molecular weight excluding hydrogens is 467 g/mol. The van der Waals surface area contributed by atoms with Crippen molar-refractivity contribution in [2.24, 2.45) is 0 Å². The summed E-state index contributed by atoms with van der Waals surface area (Å²) >= 11 is 0. The van der Waals surface area contributed by atoms with Gasteiger partial charge in [0.2, 0.25) is 11.8 Å². The van der Waals surface area contributed by atoms with Crippen molar-refractivity contribution in [1.82, 2.24) is 20.2 Å². The van der Waals surface area contributed by atoms with Crippen LogP contribution in [0.1, 0.15) is 39.0 Å². The fraction of sp³-hybridized carbons (Fsp3) is 0.522. The third kappa shape index (κ3) is 6.37. The van der Waals surface area contributed by atoms with Gasteiger partial charge >= 0.3 is 12.1 Å². The van der Waals surface area contributed by atoms with Crippen LogP contribution in [0.4, 0.5) is 19.0 Å². The van der Waals surface area contributed by atoms with Crippen molar-refractivity contribution >= 4 is 34.5 Å². The van der Waals surface area contributed by atoms with Gasteiger partial charge in [0.15, 0.2) is 0 Å². The number of carboxylic acids is 1. The van der Waals surface area contributed by atoms with Gasteiger partial charge in [-0.2, -0.15) is 13.2 Å². The molecule has 0 bridgehead atoms. The quantitative estimate of drug-likeness (QED) is 0.673. The molecule has 2 aromatic rings. The maximum atomic E-state index is 12.5. The van der Waals surface area contributed by atoms with Gasteiger partial charge in [-0.3, -0.25) is 9.59 Å². The first-order valence-corrected chi connectivity index (χ1v) is 11.3. The molecule has 2 aliphatic heterocycles. The number of hydrogen-bond donors (Lipinski definition) is 2. The van der Waals surface area contributed by atoms with E-state index in [0.717, 1.165) is 68.5 Å². The van der Waals surface area contributed by atoms with Gasteiger partial charge in [-0.05, 0) is 44.2 Å². The summed E-state index contributed by atoms with van der Waals surface area (Å²) in [7, 11) is 0. The highest BCUT2D eigenvalue weighted by Crippen LogP contribution is 2.42. The molecule has 0 aliphatic carbocycles. The van der Waals surface area contributed by atoms with E-state index >= 15 is 0 Å². The number of fused-ring (bicyclic) bond motifs is 1. The maximum Gasteiger partial charge on any atom is 0.490 e. The van der Waals surface area contributed by atoms with Crippen LogP contribution >= 0.6 is 0 Å². The molecule has 2 N–H and O–H groups in total. The van der Waals surface area contributed by atoms with E-state index < -0.39 is 12.1 Å². The highest BCUT2D eigenvalue weighted by Gasteiger charge is 2.43. The molecule has 2 saturated heterocycles. The molecule has 12 heteroatoms. The first-order valence-electron chi connectivity index (χ1n) is 11.3. The molecule has 2 aliphatic rings. The van der Waals surface area contributed by atoms with Crippen molar-refractivity contribution in [3.63, 3.8) is 0 Å². The minimum absolute atomic E-state index is 0.00397. The van der Waals surface area contributed by atoms with E-state index in [0.29, 0.717) is 0 Å². The predicted molar refractivity (Wildman–Crippen MR) is 122 cm³/mol. The van der Waals surface area contributed by atoms with Crippen molar-refractivity contribution in [3.05, 3.63) is 30.6 Å². The van der Waals surface area contributed by atoms with Crippen LogP contribution < -0.4 is 10.2 Å². The number of nitrogens with zero attached hydrogens (tertiary/aromatic N) is 4. The zero-order valence-electron chi connectivity index (χ0n) is 19.3. The number of amides is 2. The molecule has 1 aromatic heterocycles. The molecule has 2 amide bonds. The average molecular weight is 496 g/mol. The molecule has 0 saturated carbocycles. The Bertz CT molecular complexity index is 1080. The summed E-state index contributed by atoms with van der Waals surface area (Å²) in [5.41, 5.74) is 1.01. The Morgan fingerprint density at radius 1 is 1.06 bits per heavy atom. The second-order valence-corrected chi connectivity index (χ2v) is 8.64. The minimum atomic E-state index is -5.08. The Morgan fingerprint density at radius 2 is 1.71 bits per heavy atom. The number of carbonyl (C=O) groups excluding carboxylic acids is 2. The van der Waals surface area contributed by atoms with Gasteiger partial charge in [-0.15, -0.1) is 0 Å². The largest absolute Gasteiger partial charge is 0.490 e. The topological polar surface area (TPSA) is 116 Å². The molecule has 35 heavy (non-hydrogen) atoms. The molecule has 190 valence electrons. The number of carbonyl (C=O) groups is 3. The van der Waals surface area contributed by atoms with Crippen LogP contribution in [0.25, 0.3) is 10.9 Å². The van der Waals surface area contributed by atoms with Gasteiger partial charge in [0.05, 0.1) is 12.1 Å². The zero-order chi connectivity index (χ0) is 25.6.